The van der Waals surface area contributed by atoms with Crippen molar-refractivity contribution in [2.45, 2.75) is 0 Å². The summed E-state index contributed by atoms with van der Waals surface area (Å²) in [5.41, 5.74) is 0. The number of hydrogen-bond donors (Lipinski definition) is 0. The monoisotopic (exact) mass is 903 g/mol. The Morgan fingerprint density at radius 3 is 0.393 bits per heavy atom. The third-order valence-electron chi connectivity index (χ3n) is 9.13. The van der Waals surface area contributed by atoms with Gasteiger partial charge in [0.25, 0.3) is 0 Å². The fourth-order valence-electron chi connectivity index (χ4n) is 6.54. The minimum absolute atomic E-state index is 0. The van der Waals surface area contributed by atoms with E-state index in [2.05, 4.69) is 286 Å². The molecule has 0 aliphatic heterocycles. The second-order valence-corrected chi connectivity index (χ2v) is 20.0. The molecule has 6 heteroatoms. The molecule has 1 radical (unpaired) electrons. The molecule has 0 fully saturated rings. The number of nitriles is 1. The smallest absolute Gasteiger partial charge is 0 e. The van der Waals surface area contributed by atoms with Gasteiger partial charge in [-0.15, -0.1) is 0 Å². The van der Waals surface area contributed by atoms with Gasteiger partial charge in [-0.2, -0.15) is 0 Å². The van der Waals surface area contributed by atoms with Crippen LogP contribution < -0.4 is 47.7 Å². The second-order valence-electron chi connectivity index (χ2n) is 13.1. The average molecular weight is 904 g/mol. The zero-order chi connectivity index (χ0) is 41.5. The van der Waals surface area contributed by atoms with E-state index < -0.39 is 23.8 Å². The Balaban J connectivity index is 0.000000166. The number of benzene rings is 9. The summed E-state index contributed by atoms with van der Waals surface area (Å²) in [4.78, 5) is 0. The van der Waals surface area contributed by atoms with Crippen LogP contribution in [0, 0.1) is 10.7 Å². The fraction of sp³-hybridized carbons (Fsp3) is 0. The number of nitrogens with zero attached hydrogens (tertiary/aromatic N) is 1. The molecule has 0 atom stereocenters. The van der Waals surface area contributed by atoms with E-state index in [0.717, 1.165) is 0 Å². The molecule has 0 unspecified atom stereocenters. The van der Waals surface area contributed by atoms with Crippen molar-refractivity contribution >= 4 is 84.1 Å². The number of rotatable bonds is 9. The zero-order valence-corrected chi connectivity index (χ0v) is 38.1. The molecule has 0 aliphatic carbocycles. The molecule has 0 N–H and O–H groups in total. The van der Waals surface area contributed by atoms with Crippen molar-refractivity contribution in [2.24, 2.45) is 0 Å². The van der Waals surface area contributed by atoms with Gasteiger partial charge in [-0.25, -0.2) is 5.26 Å². The van der Waals surface area contributed by atoms with Gasteiger partial charge in [-0.3, -0.25) is 0 Å². The fourth-order valence-corrected chi connectivity index (χ4v) is 13.5. The van der Waals surface area contributed by atoms with Gasteiger partial charge in [0.15, 0.2) is 0 Å². The third kappa shape index (κ3) is 14.3. The summed E-state index contributed by atoms with van der Waals surface area (Å²) in [5.74, 6) is 0. The summed E-state index contributed by atoms with van der Waals surface area (Å²) in [7, 11) is -1.34. The van der Waals surface area contributed by atoms with Crippen molar-refractivity contribution in [2.75, 3.05) is 0 Å². The molecule has 301 valence electrons. The first-order chi connectivity index (χ1) is 29.8. The maximum atomic E-state index is 7.13. The van der Waals surface area contributed by atoms with Crippen LogP contribution in [0.1, 0.15) is 0 Å². The zero-order valence-electron chi connectivity index (χ0n) is 33.5. The van der Waals surface area contributed by atoms with Crippen LogP contribution in [0.3, 0.4) is 0 Å². The Hall–Kier alpha value is -5.51. The third-order valence-corrected chi connectivity index (χ3v) is 16.5. The quantitative estimate of drug-likeness (QED) is 0.0819. The standard InChI is InChI=1S/3C18H15P.CHNS.Co/c3*1-4-10-16(11-5-1)19(17-12-6-2-7-13-17)18-14-8-3-9-15-18;2-1-3;/h3*1-15H;3H;/p-1. The van der Waals surface area contributed by atoms with Crippen molar-refractivity contribution < 1.29 is 16.8 Å². The van der Waals surface area contributed by atoms with Crippen LogP contribution in [0.4, 0.5) is 0 Å². The molecular weight excluding hydrogens is 859 g/mol. The van der Waals surface area contributed by atoms with E-state index in [-0.39, 0.29) is 16.8 Å². The van der Waals surface area contributed by atoms with Crippen molar-refractivity contribution in [3.63, 3.8) is 0 Å². The molecule has 9 rings (SSSR count). The van der Waals surface area contributed by atoms with Gasteiger partial charge >= 0.3 is 0 Å². The Labute approximate surface area is 382 Å². The summed E-state index contributed by atoms with van der Waals surface area (Å²) in [6, 6.07) is 97.0. The molecule has 0 aromatic heterocycles. The molecule has 0 saturated carbocycles. The molecule has 0 aliphatic rings. The Morgan fingerprint density at radius 2 is 0.311 bits per heavy atom. The van der Waals surface area contributed by atoms with Crippen LogP contribution >= 0.6 is 23.8 Å². The van der Waals surface area contributed by atoms with E-state index in [1.54, 1.807) is 0 Å². The van der Waals surface area contributed by atoms with Crippen LogP contribution in [-0.2, 0) is 29.4 Å². The second kappa shape index (κ2) is 26.6. The minimum atomic E-state index is -0.446. The van der Waals surface area contributed by atoms with Crippen LogP contribution in [0.15, 0.2) is 273 Å². The molecule has 1 nitrogen and oxygen atoms in total. The predicted octanol–water partition coefficient (Wildman–Crippen LogP) is 10.3. The Kier molecular flexibility index (Phi) is 20.3. The normalized spacial score (nSPS) is 10.0. The molecule has 0 saturated heterocycles. The minimum Gasteiger partial charge on any atom is -0.696 e. The maximum absolute atomic E-state index is 7.13. The molecule has 0 spiro atoms. The first kappa shape index (κ1) is 46.6. The van der Waals surface area contributed by atoms with Gasteiger partial charge in [0.2, 0.25) is 0 Å². The summed E-state index contributed by atoms with van der Waals surface area (Å²) in [5, 5.41) is 21.1. The molecule has 9 aromatic rings. The maximum Gasteiger partial charge on any atom is 0 e. The summed E-state index contributed by atoms with van der Waals surface area (Å²) >= 11 is 3.70. The van der Waals surface area contributed by atoms with E-state index in [4.69, 9.17) is 5.26 Å². The Morgan fingerprint density at radius 1 is 0.230 bits per heavy atom. The van der Waals surface area contributed by atoms with E-state index in [1.807, 2.05) is 0 Å². The van der Waals surface area contributed by atoms with Crippen molar-refractivity contribution in [1.82, 2.24) is 0 Å². The van der Waals surface area contributed by atoms with Crippen molar-refractivity contribution in [3.05, 3.63) is 273 Å². The molecule has 61 heavy (non-hydrogen) atoms. The number of hydrogen-bond acceptors (Lipinski definition) is 2. The van der Waals surface area contributed by atoms with Gasteiger partial charge in [0.1, 0.15) is 0 Å². The summed E-state index contributed by atoms with van der Waals surface area (Å²) < 4.78 is 0. The number of thiocyanates is 1. The average Bonchev–Trinajstić information content (AvgIpc) is 3.33. The van der Waals surface area contributed by atoms with E-state index >= 15 is 0 Å². The molecule has 0 amide bonds. The van der Waals surface area contributed by atoms with Crippen LogP contribution in [0.2, 0.25) is 0 Å². The largest absolute Gasteiger partial charge is 0.696 e. The summed E-state index contributed by atoms with van der Waals surface area (Å²) in [6.07, 6.45) is 0. The van der Waals surface area contributed by atoms with Crippen molar-refractivity contribution in [1.29, 1.82) is 5.26 Å². The predicted molar refractivity (Wildman–Crippen MR) is 268 cm³/mol. The molecular formula is C55H45CoNP3S-. The first-order valence-electron chi connectivity index (χ1n) is 19.6. The van der Waals surface area contributed by atoms with Crippen LogP contribution in [0.25, 0.3) is 0 Å². The molecule has 0 bridgehead atoms. The van der Waals surface area contributed by atoms with Gasteiger partial charge in [0.05, 0.1) is 0 Å². The Bertz CT molecular complexity index is 1970. The molecule has 9 aromatic carbocycles. The van der Waals surface area contributed by atoms with Crippen LogP contribution in [0.5, 0.6) is 0 Å². The van der Waals surface area contributed by atoms with Gasteiger partial charge < -0.3 is 12.6 Å². The van der Waals surface area contributed by atoms with E-state index in [9.17, 15) is 0 Å². The van der Waals surface area contributed by atoms with Gasteiger partial charge in [-0.05, 0) is 71.5 Å². The first-order valence-corrected chi connectivity index (χ1v) is 24.1. The van der Waals surface area contributed by atoms with Gasteiger partial charge in [-0.1, -0.05) is 278 Å². The SMILES string of the molecule is N#C[S-].[Co].c1ccc(P(c2ccccc2)c2ccccc2)cc1.c1ccc(P(c2ccccc2)c2ccccc2)cc1.c1ccc(P(c2ccccc2)c2ccccc2)cc1. The van der Waals surface area contributed by atoms with E-state index in [0.29, 0.717) is 0 Å². The van der Waals surface area contributed by atoms with E-state index in [1.165, 1.54) is 53.1 Å². The van der Waals surface area contributed by atoms with Gasteiger partial charge in [0, 0.05) is 16.8 Å². The topological polar surface area (TPSA) is 23.8 Å². The van der Waals surface area contributed by atoms with Crippen molar-refractivity contribution in [3.8, 4) is 5.40 Å². The molecule has 0 heterocycles. The summed E-state index contributed by atoms with van der Waals surface area (Å²) in [6.45, 7) is 0. The van der Waals surface area contributed by atoms with Crippen LogP contribution in [-0.4, -0.2) is 0 Å².